The fourth-order valence-corrected chi connectivity index (χ4v) is 4.09. The first-order chi connectivity index (χ1) is 12.8. The highest BCUT2D eigenvalue weighted by Gasteiger charge is 2.33. The molecule has 2 amide bonds. The molecule has 0 radical (unpaired) electrons. The van der Waals surface area contributed by atoms with Crippen molar-refractivity contribution in [3.8, 4) is 0 Å². The molecule has 0 saturated carbocycles. The van der Waals surface area contributed by atoms with E-state index in [0.29, 0.717) is 6.54 Å². The second-order valence-corrected chi connectivity index (χ2v) is 9.32. The Hall–Kier alpha value is -0.850. The van der Waals surface area contributed by atoms with Crippen molar-refractivity contribution in [3.05, 3.63) is 0 Å². The lowest BCUT2D eigenvalue weighted by Gasteiger charge is -2.45. The summed E-state index contributed by atoms with van der Waals surface area (Å²) in [6.45, 7) is 17.8. The van der Waals surface area contributed by atoms with Gasteiger partial charge in [-0.3, -0.25) is 4.90 Å². The van der Waals surface area contributed by atoms with Gasteiger partial charge >= 0.3 is 6.03 Å². The summed E-state index contributed by atoms with van der Waals surface area (Å²) in [5.41, 5.74) is -0.0744. The molecule has 2 unspecified atom stereocenters. The SMILES string of the molecule is CC1CCN(CCCCNC(=O)NCC(C)(C)N2CC(C)OC(C)C2)CC1. The molecule has 0 bridgehead atoms. The molecule has 158 valence electrons. The summed E-state index contributed by atoms with van der Waals surface area (Å²) in [5, 5.41) is 6.06. The van der Waals surface area contributed by atoms with Crippen LogP contribution in [0.15, 0.2) is 0 Å². The fraction of sp³-hybridized carbons (Fsp3) is 0.952. The number of carbonyl (C=O) groups excluding carboxylic acids is 1. The fourth-order valence-electron chi connectivity index (χ4n) is 4.09. The molecule has 27 heavy (non-hydrogen) atoms. The Labute approximate surface area is 166 Å². The second kappa shape index (κ2) is 10.6. The van der Waals surface area contributed by atoms with E-state index in [-0.39, 0.29) is 23.8 Å². The van der Waals surface area contributed by atoms with Gasteiger partial charge in [0.1, 0.15) is 0 Å². The Morgan fingerprint density at radius 1 is 1.04 bits per heavy atom. The van der Waals surface area contributed by atoms with Crippen LogP contribution in [0.5, 0.6) is 0 Å². The number of ether oxygens (including phenoxy) is 1. The van der Waals surface area contributed by atoms with E-state index in [9.17, 15) is 4.79 Å². The molecule has 2 N–H and O–H groups in total. The molecule has 0 aromatic rings. The first kappa shape index (κ1) is 22.4. The van der Waals surface area contributed by atoms with Crippen LogP contribution >= 0.6 is 0 Å². The Morgan fingerprint density at radius 2 is 1.67 bits per heavy atom. The van der Waals surface area contributed by atoms with Crippen molar-refractivity contribution in [3.63, 3.8) is 0 Å². The summed E-state index contributed by atoms with van der Waals surface area (Å²) in [6, 6.07) is -0.0516. The molecular weight excluding hydrogens is 340 g/mol. The number of rotatable bonds is 8. The molecule has 2 atom stereocenters. The van der Waals surface area contributed by atoms with Crippen LogP contribution in [0, 0.1) is 5.92 Å². The van der Waals surface area contributed by atoms with E-state index in [1.807, 2.05) is 0 Å². The minimum atomic E-state index is -0.0744. The Balaban J connectivity index is 1.56. The molecule has 6 nitrogen and oxygen atoms in total. The Morgan fingerprint density at radius 3 is 2.30 bits per heavy atom. The van der Waals surface area contributed by atoms with Crippen molar-refractivity contribution < 1.29 is 9.53 Å². The van der Waals surface area contributed by atoms with Gasteiger partial charge in [0, 0.05) is 31.7 Å². The van der Waals surface area contributed by atoms with Gasteiger partial charge in [-0.25, -0.2) is 4.79 Å². The molecule has 2 rings (SSSR count). The van der Waals surface area contributed by atoms with E-state index < -0.39 is 0 Å². The lowest BCUT2D eigenvalue weighted by molar-refractivity contribution is -0.0947. The van der Waals surface area contributed by atoms with Crippen molar-refractivity contribution >= 4 is 6.03 Å². The van der Waals surface area contributed by atoms with E-state index in [0.717, 1.165) is 44.9 Å². The van der Waals surface area contributed by atoms with Crippen molar-refractivity contribution in [1.82, 2.24) is 20.4 Å². The Kier molecular flexibility index (Phi) is 8.83. The molecule has 6 heteroatoms. The number of urea groups is 1. The summed E-state index contributed by atoms with van der Waals surface area (Å²) in [4.78, 5) is 17.1. The van der Waals surface area contributed by atoms with Gasteiger partial charge in [-0.2, -0.15) is 0 Å². The van der Waals surface area contributed by atoms with Crippen LogP contribution in [-0.4, -0.2) is 79.4 Å². The molecule has 2 saturated heterocycles. The molecule has 2 aliphatic rings. The van der Waals surface area contributed by atoms with Gasteiger partial charge in [0.15, 0.2) is 0 Å². The van der Waals surface area contributed by atoms with E-state index >= 15 is 0 Å². The maximum absolute atomic E-state index is 12.1. The molecule has 2 heterocycles. The second-order valence-electron chi connectivity index (χ2n) is 9.32. The van der Waals surface area contributed by atoms with Gasteiger partial charge < -0.3 is 20.3 Å². The topological polar surface area (TPSA) is 56.8 Å². The van der Waals surface area contributed by atoms with Crippen LogP contribution < -0.4 is 10.6 Å². The quantitative estimate of drug-likeness (QED) is 0.634. The monoisotopic (exact) mass is 382 g/mol. The number of piperidine rings is 1. The third kappa shape index (κ3) is 7.96. The van der Waals surface area contributed by atoms with E-state index in [4.69, 9.17) is 4.74 Å². The van der Waals surface area contributed by atoms with Crippen LogP contribution in [-0.2, 0) is 4.74 Å². The average molecular weight is 383 g/mol. The Bertz CT molecular complexity index is 439. The normalized spacial score (nSPS) is 26.1. The number of likely N-dealkylation sites (tertiary alicyclic amines) is 1. The van der Waals surface area contributed by atoms with Gasteiger partial charge in [0.05, 0.1) is 12.2 Å². The highest BCUT2D eigenvalue weighted by molar-refractivity contribution is 5.73. The molecule has 2 fully saturated rings. The number of unbranched alkanes of at least 4 members (excludes halogenated alkanes) is 1. The molecular formula is C21H42N4O2. The smallest absolute Gasteiger partial charge is 0.314 e. The minimum Gasteiger partial charge on any atom is -0.373 e. The highest BCUT2D eigenvalue weighted by atomic mass is 16.5. The van der Waals surface area contributed by atoms with Crippen molar-refractivity contribution in [2.45, 2.75) is 78.0 Å². The van der Waals surface area contributed by atoms with Gasteiger partial charge in [0.2, 0.25) is 0 Å². The van der Waals surface area contributed by atoms with Crippen LogP contribution in [0.3, 0.4) is 0 Å². The van der Waals surface area contributed by atoms with Crippen LogP contribution in [0.25, 0.3) is 0 Å². The lowest BCUT2D eigenvalue weighted by Crippen LogP contribution is -2.59. The van der Waals surface area contributed by atoms with Crippen LogP contribution in [0.1, 0.15) is 60.3 Å². The van der Waals surface area contributed by atoms with Crippen LogP contribution in [0.2, 0.25) is 0 Å². The highest BCUT2D eigenvalue weighted by Crippen LogP contribution is 2.20. The van der Waals surface area contributed by atoms with Gasteiger partial charge in [-0.15, -0.1) is 0 Å². The molecule has 2 aliphatic heterocycles. The summed E-state index contributed by atoms with van der Waals surface area (Å²) in [5.74, 6) is 0.889. The number of carbonyl (C=O) groups is 1. The molecule has 0 aliphatic carbocycles. The largest absolute Gasteiger partial charge is 0.373 e. The third-order valence-electron chi connectivity index (χ3n) is 6.02. The first-order valence-electron chi connectivity index (χ1n) is 10.9. The predicted octanol–water partition coefficient (Wildman–Crippen LogP) is 2.69. The number of morpholine rings is 1. The number of hydrogen-bond donors (Lipinski definition) is 2. The summed E-state index contributed by atoms with van der Waals surface area (Å²) < 4.78 is 5.82. The predicted molar refractivity (Wildman–Crippen MR) is 111 cm³/mol. The number of nitrogens with one attached hydrogen (secondary N) is 2. The van der Waals surface area contributed by atoms with Gasteiger partial charge in [-0.05, 0) is 78.9 Å². The average Bonchev–Trinajstić information content (AvgIpc) is 2.60. The number of hydrogen-bond acceptors (Lipinski definition) is 4. The van der Waals surface area contributed by atoms with Crippen molar-refractivity contribution in [2.24, 2.45) is 5.92 Å². The van der Waals surface area contributed by atoms with Crippen molar-refractivity contribution in [2.75, 3.05) is 45.8 Å². The summed E-state index contributed by atoms with van der Waals surface area (Å²) >= 11 is 0. The van der Waals surface area contributed by atoms with Crippen LogP contribution in [0.4, 0.5) is 4.79 Å². The zero-order valence-corrected chi connectivity index (χ0v) is 18.2. The summed E-state index contributed by atoms with van der Waals surface area (Å²) in [6.07, 6.45) is 5.34. The number of nitrogens with zero attached hydrogens (tertiary/aromatic N) is 2. The number of amides is 2. The molecule has 0 spiro atoms. The zero-order valence-electron chi connectivity index (χ0n) is 18.2. The minimum absolute atomic E-state index is 0.0516. The first-order valence-corrected chi connectivity index (χ1v) is 10.9. The third-order valence-corrected chi connectivity index (χ3v) is 6.02. The lowest BCUT2D eigenvalue weighted by atomic mass is 9.99. The van der Waals surface area contributed by atoms with E-state index in [1.165, 1.54) is 25.9 Å². The standard InChI is InChI=1S/C21H42N4O2/c1-17-8-12-24(13-9-17)11-7-6-10-22-20(26)23-16-21(4,5)25-14-18(2)27-19(3)15-25/h17-19H,6-16H2,1-5H3,(H2,22,23,26). The van der Waals surface area contributed by atoms with Crippen molar-refractivity contribution in [1.29, 1.82) is 0 Å². The zero-order chi connectivity index (χ0) is 19.9. The molecule has 0 aromatic heterocycles. The molecule has 0 aromatic carbocycles. The van der Waals surface area contributed by atoms with E-state index in [2.05, 4.69) is 55.1 Å². The maximum Gasteiger partial charge on any atom is 0.314 e. The van der Waals surface area contributed by atoms with Gasteiger partial charge in [0.25, 0.3) is 0 Å². The van der Waals surface area contributed by atoms with E-state index in [1.54, 1.807) is 0 Å². The maximum atomic E-state index is 12.1. The van der Waals surface area contributed by atoms with Gasteiger partial charge in [-0.1, -0.05) is 6.92 Å². The summed E-state index contributed by atoms with van der Waals surface area (Å²) in [7, 11) is 0.